The zero-order valence-corrected chi connectivity index (χ0v) is 12.8. The largest absolute Gasteiger partial charge is 0.337 e. The molecule has 3 aromatic rings. The highest BCUT2D eigenvalue weighted by atomic mass is 16.2. The number of para-hydroxylation sites is 2. The lowest BCUT2D eigenvalue weighted by Gasteiger charge is -2.26. The summed E-state index contributed by atoms with van der Waals surface area (Å²) in [5.41, 5.74) is 3.06. The molecule has 3 heterocycles. The number of imidazole rings is 1. The van der Waals surface area contributed by atoms with Crippen molar-refractivity contribution in [3.63, 3.8) is 0 Å². The fourth-order valence-corrected chi connectivity index (χ4v) is 3.02. The number of nitrogens with one attached hydrogen (secondary N) is 1. The zero-order valence-electron chi connectivity index (χ0n) is 12.8. The lowest BCUT2D eigenvalue weighted by atomic mass is 10.1. The Kier molecular flexibility index (Phi) is 3.54. The van der Waals surface area contributed by atoms with E-state index in [-0.39, 0.29) is 5.91 Å². The first-order chi connectivity index (χ1) is 11.3. The highest BCUT2D eigenvalue weighted by molar-refractivity contribution is 5.93. The summed E-state index contributed by atoms with van der Waals surface area (Å²) in [5.74, 6) is 0.710. The van der Waals surface area contributed by atoms with Crippen LogP contribution in [0.25, 0.3) is 22.6 Å². The van der Waals surface area contributed by atoms with Gasteiger partial charge in [0.05, 0.1) is 11.0 Å². The van der Waals surface area contributed by atoms with Gasteiger partial charge in [0.25, 0.3) is 5.91 Å². The predicted octanol–water partition coefficient (Wildman–Crippen LogP) is 3.25. The Morgan fingerprint density at radius 1 is 0.957 bits per heavy atom. The summed E-state index contributed by atoms with van der Waals surface area (Å²) in [4.78, 5) is 26.8. The number of carbonyl (C=O) groups is 1. The van der Waals surface area contributed by atoms with Crippen LogP contribution in [0.2, 0.25) is 0 Å². The minimum absolute atomic E-state index is 0.0164. The number of amides is 1. The van der Waals surface area contributed by atoms with Crippen LogP contribution in [0.15, 0.2) is 42.5 Å². The van der Waals surface area contributed by atoms with E-state index >= 15 is 0 Å². The first kappa shape index (κ1) is 13.9. The molecule has 4 rings (SSSR count). The maximum Gasteiger partial charge on any atom is 0.272 e. The van der Waals surface area contributed by atoms with Crippen molar-refractivity contribution in [2.45, 2.75) is 19.3 Å². The molecule has 1 N–H and O–H groups in total. The number of fused-ring (bicyclic) bond motifs is 1. The third kappa shape index (κ3) is 2.70. The average Bonchev–Trinajstić information content (AvgIpc) is 3.06. The van der Waals surface area contributed by atoms with Gasteiger partial charge in [-0.15, -0.1) is 0 Å². The van der Waals surface area contributed by atoms with Gasteiger partial charge in [-0.3, -0.25) is 4.79 Å². The molecule has 0 radical (unpaired) electrons. The molecule has 1 aliphatic rings. The molecule has 1 fully saturated rings. The molecule has 0 unspecified atom stereocenters. The summed E-state index contributed by atoms with van der Waals surface area (Å²) >= 11 is 0. The van der Waals surface area contributed by atoms with Crippen LogP contribution in [0.4, 0.5) is 0 Å². The topological polar surface area (TPSA) is 61.9 Å². The Balaban J connectivity index is 1.66. The Morgan fingerprint density at radius 2 is 1.78 bits per heavy atom. The number of benzene rings is 1. The van der Waals surface area contributed by atoms with Crippen LogP contribution in [0.3, 0.4) is 0 Å². The van der Waals surface area contributed by atoms with Crippen molar-refractivity contribution in [1.29, 1.82) is 0 Å². The molecule has 1 amide bonds. The van der Waals surface area contributed by atoms with Crippen LogP contribution < -0.4 is 0 Å². The third-order valence-electron chi connectivity index (χ3n) is 4.24. The van der Waals surface area contributed by atoms with Gasteiger partial charge in [-0.2, -0.15) is 0 Å². The molecule has 1 aliphatic heterocycles. The summed E-state index contributed by atoms with van der Waals surface area (Å²) in [7, 11) is 0. The standard InChI is InChI=1S/C18H18N4O/c23-18(22-11-4-1-5-12-22)16-10-6-9-15(19-16)17-20-13-7-2-3-8-14(13)21-17/h2-3,6-10H,1,4-5,11-12H2,(H,20,21). The molecular weight excluding hydrogens is 288 g/mol. The van der Waals surface area contributed by atoms with E-state index < -0.39 is 0 Å². The Morgan fingerprint density at radius 3 is 2.61 bits per heavy atom. The SMILES string of the molecule is O=C(c1cccc(-c2nc3ccccc3[nH]2)n1)N1CCCCC1. The van der Waals surface area contributed by atoms with Gasteiger partial charge in [-0.1, -0.05) is 18.2 Å². The first-order valence-corrected chi connectivity index (χ1v) is 8.03. The highest BCUT2D eigenvalue weighted by Crippen LogP contribution is 2.20. The third-order valence-corrected chi connectivity index (χ3v) is 4.24. The average molecular weight is 306 g/mol. The van der Waals surface area contributed by atoms with E-state index in [0.29, 0.717) is 17.2 Å². The Labute approximate surface area is 134 Å². The minimum atomic E-state index is 0.0164. The van der Waals surface area contributed by atoms with Crippen LogP contribution in [0.5, 0.6) is 0 Å². The number of pyridine rings is 1. The fourth-order valence-electron chi connectivity index (χ4n) is 3.02. The van der Waals surface area contributed by atoms with E-state index in [1.54, 1.807) is 6.07 Å². The van der Waals surface area contributed by atoms with E-state index in [9.17, 15) is 4.79 Å². The van der Waals surface area contributed by atoms with Crippen LogP contribution in [-0.4, -0.2) is 38.8 Å². The second-order valence-electron chi connectivity index (χ2n) is 5.86. The van der Waals surface area contributed by atoms with Crippen molar-refractivity contribution in [2.24, 2.45) is 0 Å². The number of H-pyrrole nitrogens is 1. The molecule has 5 heteroatoms. The van der Waals surface area contributed by atoms with Gasteiger partial charge < -0.3 is 9.88 Å². The summed E-state index contributed by atoms with van der Waals surface area (Å²) in [6.07, 6.45) is 3.36. The molecule has 5 nitrogen and oxygen atoms in total. The molecule has 2 aromatic heterocycles. The lowest BCUT2D eigenvalue weighted by Crippen LogP contribution is -2.36. The highest BCUT2D eigenvalue weighted by Gasteiger charge is 2.20. The second kappa shape index (κ2) is 5.83. The van der Waals surface area contributed by atoms with Crippen molar-refractivity contribution in [3.05, 3.63) is 48.2 Å². The zero-order chi connectivity index (χ0) is 15.6. The van der Waals surface area contributed by atoms with Crippen molar-refractivity contribution in [2.75, 3.05) is 13.1 Å². The number of hydrogen-bond donors (Lipinski definition) is 1. The van der Waals surface area contributed by atoms with E-state index in [4.69, 9.17) is 0 Å². The number of likely N-dealkylation sites (tertiary alicyclic amines) is 1. The van der Waals surface area contributed by atoms with Gasteiger partial charge in [0.15, 0.2) is 5.82 Å². The van der Waals surface area contributed by atoms with Gasteiger partial charge in [0, 0.05) is 13.1 Å². The quantitative estimate of drug-likeness (QED) is 0.790. The van der Waals surface area contributed by atoms with Gasteiger partial charge in [-0.05, 0) is 43.5 Å². The van der Waals surface area contributed by atoms with Crippen molar-refractivity contribution < 1.29 is 4.79 Å². The van der Waals surface area contributed by atoms with Gasteiger partial charge >= 0.3 is 0 Å². The van der Waals surface area contributed by atoms with E-state index in [1.807, 2.05) is 41.3 Å². The number of rotatable bonds is 2. The molecule has 0 spiro atoms. The summed E-state index contributed by atoms with van der Waals surface area (Å²) in [6.45, 7) is 1.66. The number of aromatic nitrogens is 3. The van der Waals surface area contributed by atoms with Gasteiger partial charge in [0.2, 0.25) is 0 Å². The van der Waals surface area contributed by atoms with Crippen LogP contribution >= 0.6 is 0 Å². The molecule has 1 saturated heterocycles. The van der Waals surface area contributed by atoms with Crippen LogP contribution in [-0.2, 0) is 0 Å². The minimum Gasteiger partial charge on any atom is -0.337 e. The molecule has 0 saturated carbocycles. The van der Waals surface area contributed by atoms with Gasteiger partial charge in [0.1, 0.15) is 11.4 Å². The smallest absolute Gasteiger partial charge is 0.272 e. The van der Waals surface area contributed by atoms with Gasteiger partial charge in [-0.25, -0.2) is 9.97 Å². The summed E-state index contributed by atoms with van der Waals surface area (Å²) in [5, 5.41) is 0. The Bertz CT molecular complexity index is 816. The number of aromatic amines is 1. The Hall–Kier alpha value is -2.69. The lowest BCUT2D eigenvalue weighted by molar-refractivity contribution is 0.0718. The molecule has 0 atom stereocenters. The van der Waals surface area contributed by atoms with Crippen molar-refractivity contribution in [1.82, 2.24) is 19.9 Å². The molecule has 23 heavy (non-hydrogen) atoms. The van der Waals surface area contributed by atoms with E-state index in [0.717, 1.165) is 37.0 Å². The summed E-state index contributed by atoms with van der Waals surface area (Å²) < 4.78 is 0. The number of nitrogens with zero attached hydrogens (tertiary/aromatic N) is 3. The molecule has 116 valence electrons. The predicted molar refractivity (Wildman–Crippen MR) is 89.1 cm³/mol. The summed E-state index contributed by atoms with van der Waals surface area (Å²) in [6, 6.07) is 13.4. The van der Waals surface area contributed by atoms with Crippen molar-refractivity contribution in [3.8, 4) is 11.5 Å². The molecular formula is C18H18N4O. The van der Waals surface area contributed by atoms with E-state index in [2.05, 4.69) is 15.0 Å². The van der Waals surface area contributed by atoms with Crippen LogP contribution in [0, 0.1) is 0 Å². The fraction of sp³-hybridized carbons (Fsp3) is 0.278. The number of carbonyl (C=O) groups excluding carboxylic acids is 1. The normalized spacial score (nSPS) is 15.0. The van der Waals surface area contributed by atoms with E-state index in [1.165, 1.54) is 6.42 Å². The molecule has 1 aromatic carbocycles. The molecule has 0 aliphatic carbocycles. The maximum atomic E-state index is 12.6. The monoisotopic (exact) mass is 306 g/mol. The number of hydrogen-bond acceptors (Lipinski definition) is 3. The maximum absolute atomic E-state index is 12.6. The number of piperidine rings is 1. The molecule has 0 bridgehead atoms. The van der Waals surface area contributed by atoms with Crippen LogP contribution in [0.1, 0.15) is 29.8 Å². The second-order valence-corrected chi connectivity index (χ2v) is 5.86. The van der Waals surface area contributed by atoms with Crippen molar-refractivity contribution >= 4 is 16.9 Å². The first-order valence-electron chi connectivity index (χ1n) is 8.03.